The standard InChI is InChI=1S/C19H29NO/c1-4-14-20(3)15-16(2)19(21)13-9-8-12-18(19)17-10-6-5-7-11-17/h4-7,10-11,16,18,21H,1,8-9,12-15H2,2-3H3. The van der Waals surface area contributed by atoms with Crippen molar-refractivity contribution >= 4 is 0 Å². The Bertz CT molecular complexity index is 444. The van der Waals surface area contributed by atoms with E-state index in [1.165, 1.54) is 12.0 Å². The normalized spacial score (nSPS) is 27.5. The van der Waals surface area contributed by atoms with Gasteiger partial charge in [-0.1, -0.05) is 56.2 Å². The molecular formula is C19H29NO. The van der Waals surface area contributed by atoms with Crippen LogP contribution in [0.1, 0.15) is 44.1 Å². The summed E-state index contributed by atoms with van der Waals surface area (Å²) in [6.45, 7) is 7.77. The van der Waals surface area contributed by atoms with Crippen LogP contribution in [-0.4, -0.2) is 35.7 Å². The maximum absolute atomic E-state index is 11.4. The van der Waals surface area contributed by atoms with Gasteiger partial charge in [-0.3, -0.25) is 0 Å². The van der Waals surface area contributed by atoms with Gasteiger partial charge in [-0.2, -0.15) is 0 Å². The van der Waals surface area contributed by atoms with Crippen molar-refractivity contribution in [2.45, 2.75) is 44.1 Å². The first-order valence-electron chi connectivity index (χ1n) is 8.14. The van der Waals surface area contributed by atoms with Gasteiger partial charge in [0.05, 0.1) is 5.60 Å². The summed E-state index contributed by atoms with van der Waals surface area (Å²) >= 11 is 0. The second kappa shape index (κ2) is 7.24. The van der Waals surface area contributed by atoms with E-state index in [1.54, 1.807) is 0 Å². The van der Waals surface area contributed by atoms with Crippen molar-refractivity contribution in [3.8, 4) is 0 Å². The van der Waals surface area contributed by atoms with Crippen molar-refractivity contribution in [1.82, 2.24) is 4.90 Å². The van der Waals surface area contributed by atoms with E-state index in [0.717, 1.165) is 32.4 Å². The molecule has 0 spiro atoms. The largest absolute Gasteiger partial charge is 0.389 e. The van der Waals surface area contributed by atoms with Gasteiger partial charge in [-0.15, -0.1) is 6.58 Å². The van der Waals surface area contributed by atoms with E-state index >= 15 is 0 Å². The van der Waals surface area contributed by atoms with Gasteiger partial charge in [0.15, 0.2) is 0 Å². The van der Waals surface area contributed by atoms with Gasteiger partial charge in [0.25, 0.3) is 0 Å². The van der Waals surface area contributed by atoms with Gasteiger partial charge in [-0.25, -0.2) is 0 Å². The van der Waals surface area contributed by atoms with Crippen molar-refractivity contribution in [2.24, 2.45) is 5.92 Å². The molecule has 3 atom stereocenters. The lowest BCUT2D eigenvalue weighted by Crippen LogP contribution is -2.48. The quantitative estimate of drug-likeness (QED) is 0.804. The predicted octanol–water partition coefficient (Wildman–Crippen LogP) is 3.83. The van der Waals surface area contributed by atoms with E-state index in [1.807, 2.05) is 12.1 Å². The number of hydrogen-bond donors (Lipinski definition) is 1. The van der Waals surface area contributed by atoms with Crippen molar-refractivity contribution in [3.63, 3.8) is 0 Å². The molecule has 0 heterocycles. The van der Waals surface area contributed by atoms with Crippen molar-refractivity contribution < 1.29 is 5.11 Å². The first-order valence-corrected chi connectivity index (χ1v) is 8.14. The number of aliphatic hydroxyl groups is 1. The Kier molecular flexibility index (Phi) is 5.60. The highest BCUT2D eigenvalue weighted by atomic mass is 16.3. The minimum absolute atomic E-state index is 0.257. The first kappa shape index (κ1) is 16.3. The summed E-state index contributed by atoms with van der Waals surface area (Å²) in [7, 11) is 2.10. The van der Waals surface area contributed by atoms with Gasteiger partial charge in [0.2, 0.25) is 0 Å². The van der Waals surface area contributed by atoms with Crippen LogP contribution in [0.4, 0.5) is 0 Å². The molecule has 1 saturated carbocycles. The highest BCUT2D eigenvalue weighted by Crippen LogP contribution is 2.45. The first-order chi connectivity index (χ1) is 10.1. The van der Waals surface area contributed by atoms with Gasteiger partial charge in [0, 0.05) is 19.0 Å². The van der Waals surface area contributed by atoms with Crippen LogP contribution in [0.2, 0.25) is 0 Å². The van der Waals surface area contributed by atoms with Gasteiger partial charge >= 0.3 is 0 Å². The molecule has 0 aromatic heterocycles. The van der Waals surface area contributed by atoms with Crippen LogP contribution in [0.25, 0.3) is 0 Å². The molecule has 1 aromatic carbocycles. The summed E-state index contributed by atoms with van der Waals surface area (Å²) < 4.78 is 0. The van der Waals surface area contributed by atoms with Crippen LogP contribution in [0.15, 0.2) is 43.0 Å². The van der Waals surface area contributed by atoms with Crippen LogP contribution < -0.4 is 0 Å². The number of nitrogens with zero attached hydrogens (tertiary/aromatic N) is 1. The highest BCUT2D eigenvalue weighted by molar-refractivity contribution is 5.24. The molecule has 1 aliphatic rings. The molecule has 2 rings (SSSR count). The maximum Gasteiger partial charge on any atom is 0.0753 e. The number of rotatable bonds is 6. The lowest BCUT2D eigenvalue weighted by atomic mass is 9.66. The summed E-state index contributed by atoms with van der Waals surface area (Å²) in [5, 5.41) is 11.4. The lowest BCUT2D eigenvalue weighted by Gasteiger charge is -2.45. The van der Waals surface area contributed by atoms with E-state index in [0.29, 0.717) is 0 Å². The van der Waals surface area contributed by atoms with Crippen LogP contribution in [0, 0.1) is 5.92 Å². The fraction of sp³-hybridized carbons (Fsp3) is 0.579. The molecule has 116 valence electrons. The summed E-state index contributed by atoms with van der Waals surface area (Å²) in [5.41, 5.74) is 0.701. The molecular weight excluding hydrogens is 258 g/mol. The zero-order valence-electron chi connectivity index (χ0n) is 13.5. The Morgan fingerprint density at radius 3 is 2.76 bits per heavy atom. The third-order valence-electron chi connectivity index (χ3n) is 5.01. The molecule has 3 unspecified atom stereocenters. The summed E-state index contributed by atoms with van der Waals surface area (Å²) in [4.78, 5) is 2.24. The van der Waals surface area contributed by atoms with E-state index in [-0.39, 0.29) is 11.8 Å². The van der Waals surface area contributed by atoms with E-state index < -0.39 is 5.60 Å². The third-order valence-corrected chi connectivity index (χ3v) is 5.01. The van der Waals surface area contributed by atoms with Crippen LogP contribution in [-0.2, 0) is 0 Å². The molecule has 21 heavy (non-hydrogen) atoms. The second-order valence-corrected chi connectivity index (χ2v) is 6.61. The average Bonchev–Trinajstić information content (AvgIpc) is 2.48. The van der Waals surface area contributed by atoms with Gasteiger partial charge in [-0.05, 0) is 31.4 Å². The fourth-order valence-electron chi connectivity index (χ4n) is 3.83. The predicted molar refractivity (Wildman–Crippen MR) is 89.5 cm³/mol. The van der Waals surface area contributed by atoms with Crippen molar-refractivity contribution in [2.75, 3.05) is 20.1 Å². The monoisotopic (exact) mass is 287 g/mol. The number of likely N-dealkylation sites (N-methyl/N-ethyl adjacent to an activating group) is 1. The highest BCUT2D eigenvalue weighted by Gasteiger charge is 2.43. The zero-order valence-corrected chi connectivity index (χ0v) is 13.5. The summed E-state index contributed by atoms with van der Waals surface area (Å²) in [6.07, 6.45) is 6.28. The smallest absolute Gasteiger partial charge is 0.0753 e. The zero-order chi connectivity index (χ0) is 15.3. The Labute approximate surface area is 129 Å². The molecule has 0 amide bonds. The summed E-state index contributed by atoms with van der Waals surface area (Å²) in [6, 6.07) is 10.5. The Hall–Kier alpha value is -1.12. The number of hydrogen-bond acceptors (Lipinski definition) is 2. The SMILES string of the molecule is C=CCN(C)CC(C)C1(O)CCCCC1c1ccccc1. The molecule has 0 aliphatic heterocycles. The molecule has 1 aromatic rings. The Morgan fingerprint density at radius 1 is 1.38 bits per heavy atom. The molecule has 1 aliphatic carbocycles. The van der Waals surface area contributed by atoms with Crippen LogP contribution in [0.5, 0.6) is 0 Å². The second-order valence-electron chi connectivity index (χ2n) is 6.61. The van der Waals surface area contributed by atoms with Gasteiger partial charge < -0.3 is 10.0 Å². The van der Waals surface area contributed by atoms with Crippen molar-refractivity contribution in [1.29, 1.82) is 0 Å². The molecule has 1 fully saturated rings. The average molecular weight is 287 g/mol. The van der Waals surface area contributed by atoms with Crippen LogP contribution >= 0.6 is 0 Å². The topological polar surface area (TPSA) is 23.5 Å². The van der Waals surface area contributed by atoms with Gasteiger partial charge in [0.1, 0.15) is 0 Å². The van der Waals surface area contributed by atoms with Crippen molar-refractivity contribution in [3.05, 3.63) is 48.6 Å². The molecule has 0 saturated heterocycles. The van der Waals surface area contributed by atoms with E-state index in [2.05, 4.69) is 49.7 Å². The number of benzene rings is 1. The third kappa shape index (κ3) is 3.75. The fourth-order valence-corrected chi connectivity index (χ4v) is 3.83. The molecule has 2 heteroatoms. The molecule has 2 nitrogen and oxygen atoms in total. The molecule has 1 N–H and O–H groups in total. The Morgan fingerprint density at radius 2 is 2.10 bits per heavy atom. The maximum atomic E-state index is 11.4. The molecule has 0 bridgehead atoms. The summed E-state index contributed by atoms with van der Waals surface area (Å²) in [5.74, 6) is 0.521. The van der Waals surface area contributed by atoms with E-state index in [4.69, 9.17) is 0 Å². The lowest BCUT2D eigenvalue weighted by molar-refractivity contribution is -0.0684. The van der Waals surface area contributed by atoms with Crippen LogP contribution in [0.3, 0.4) is 0 Å². The minimum atomic E-state index is -0.588. The minimum Gasteiger partial charge on any atom is -0.389 e. The Balaban J connectivity index is 2.17. The van der Waals surface area contributed by atoms with E-state index in [9.17, 15) is 5.11 Å². The molecule has 0 radical (unpaired) electrons.